The molecule has 0 spiro atoms. The van der Waals surface area contributed by atoms with Crippen molar-refractivity contribution in [1.82, 2.24) is 0 Å². The monoisotopic (exact) mass is 334 g/mol. The average molecular weight is 334 g/mol. The number of aliphatic hydroxyl groups is 1. The lowest BCUT2D eigenvalue weighted by Gasteiger charge is -2.34. The molecule has 3 atom stereocenters. The van der Waals surface area contributed by atoms with E-state index in [0.717, 1.165) is 12.0 Å². The van der Waals surface area contributed by atoms with Gasteiger partial charge in [-0.2, -0.15) is 0 Å². The number of hydrogen-bond donors (Lipinski definition) is 1. The molecular weight excluding hydrogens is 304 g/mol. The molecule has 0 saturated heterocycles. The van der Waals surface area contributed by atoms with Crippen LogP contribution in [-0.2, 0) is 14.3 Å². The topological polar surface area (TPSA) is 55.8 Å². The van der Waals surface area contributed by atoms with Crippen LogP contribution in [0.15, 0.2) is 23.2 Å². The molecule has 24 heavy (non-hydrogen) atoms. The molecule has 1 saturated carbocycles. The zero-order valence-electron chi connectivity index (χ0n) is 15.9. The van der Waals surface area contributed by atoms with Crippen molar-refractivity contribution in [1.29, 1.82) is 0 Å². The molecule has 0 bridgehead atoms. The Kier molecular flexibility index (Phi) is 3.73. The van der Waals surface area contributed by atoms with E-state index >= 15 is 0 Å². The molecule has 3 aliphatic rings. The Bertz CT molecular complexity index is 640. The fourth-order valence-corrected chi connectivity index (χ4v) is 4.76. The quantitative estimate of drug-likeness (QED) is 0.796. The SMILES string of the molecule is CC(C)OC1=C(OC(C)C)[C@@]2(O)C3=CC(C)(C)C[C@@H]3C[C@@]2(C)C1=O. The van der Waals surface area contributed by atoms with E-state index in [1.807, 2.05) is 34.6 Å². The predicted octanol–water partition coefficient (Wildman–Crippen LogP) is 3.74. The summed E-state index contributed by atoms with van der Waals surface area (Å²) in [4.78, 5) is 13.2. The summed E-state index contributed by atoms with van der Waals surface area (Å²) >= 11 is 0. The number of Topliss-reactive ketones (excluding diaryl/α,β-unsaturated/α-hetero) is 1. The highest BCUT2D eigenvalue weighted by molar-refractivity contribution is 6.04. The van der Waals surface area contributed by atoms with Crippen LogP contribution in [0.25, 0.3) is 0 Å². The summed E-state index contributed by atoms with van der Waals surface area (Å²) in [5, 5.41) is 11.8. The smallest absolute Gasteiger partial charge is 0.210 e. The summed E-state index contributed by atoms with van der Waals surface area (Å²) in [5.41, 5.74) is -1.29. The van der Waals surface area contributed by atoms with Crippen LogP contribution in [0.1, 0.15) is 61.3 Å². The van der Waals surface area contributed by atoms with Crippen molar-refractivity contribution < 1.29 is 19.4 Å². The van der Waals surface area contributed by atoms with Crippen LogP contribution in [0.3, 0.4) is 0 Å². The van der Waals surface area contributed by atoms with Crippen molar-refractivity contribution in [3.63, 3.8) is 0 Å². The average Bonchev–Trinajstić information content (AvgIpc) is 2.88. The van der Waals surface area contributed by atoms with Crippen molar-refractivity contribution in [2.24, 2.45) is 16.7 Å². The molecule has 0 aromatic heterocycles. The van der Waals surface area contributed by atoms with E-state index in [0.29, 0.717) is 12.2 Å². The summed E-state index contributed by atoms with van der Waals surface area (Å²) in [6, 6.07) is 0. The molecule has 4 nitrogen and oxygen atoms in total. The molecular formula is C20H30O4. The fourth-order valence-electron chi connectivity index (χ4n) is 4.76. The minimum absolute atomic E-state index is 0.0324. The second-order valence-corrected chi connectivity index (χ2v) is 9.06. The van der Waals surface area contributed by atoms with E-state index < -0.39 is 11.0 Å². The van der Waals surface area contributed by atoms with E-state index in [1.165, 1.54) is 0 Å². The number of hydrogen-bond acceptors (Lipinski definition) is 4. The summed E-state index contributed by atoms with van der Waals surface area (Å²) in [7, 11) is 0. The van der Waals surface area contributed by atoms with Crippen molar-refractivity contribution >= 4 is 5.78 Å². The van der Waals surface area contributed by atoms with Gasteiger partial charge in [0.1, 0.15) is 0 Å². The van der Waals surface area contributed by atoms with Gasteiger partial charge in [-0.15, -0.1) is 0 Å². The number of fused-ring (bicyclic) bond motifs is 3. The molecule has 0 unspecified atom stereocenters. The molecule has 0 aliphatic heterocycles. The van der Waals surface area contributed by atoms with Gasteiger partial charge in [-0.25, -0.2) is 0 Å². The van der Waals surface area contributed by atoms with Gasteiger partial charge < -0.3 is 14.6 Å². The Morgan fingerprint density at radius 2 is 1.67 bits per heavy atom. The Morgan fingerprint density at radius 3 is 2.21 bits per heavy atom. The van der Waals surface area contributed by atoms with Gasteiger partial charge in [0.05, 0.1) is 17.6 Å². The van der Waals surface area contributed by atoms with Crippen LogP contribution in [0, 0.1) is 16.7 Å². The summed E-state index contributed by atoms with van der Waals surface area (Å²) < 4.78 is 11.8. The van der Waals surface area contributed by atoms with Gasteiger partial charge in [0.25, 0.3) is 0 Å². The summed E-state index contributed by atoms with van der Waals surface area (Å²) in [5.74, 6) is 0.644. The lowest BCUT2D eigenvalue weighted by Crippen LogP contribution is -2.45. The number of ketones is 1. The van der Waals surface area contributed by atoms with E-state index in [4.69, 9.17) is 9.47 Å². The Morgan fingerprint density at radius 1 is 1.08 bits per heavy atom. The molecule has 0 amide bonds. The Labute approximate surface area is 144 Å². The van der Waals surface area contributed by atoms with Gasteiger partial charge in [0.2, 0.25) is 11.5 Å². The van der Waals surface area contributed by atoms with E-state index in [9.17, 15) is 9.90 Å². The molecule has 0 aromatic rings. The van der Waals surface area contributed by atoms with Crippen LogP contribution < -0.4 is 0 Å². The second kappa shape index (κ2) is 5.10. The molecule has 1 fully saturated rings. The molecule has 0 aromatic carbocycles. The Hall–Kier alpha value is -1.29. The molecule has 0 radical (unpaired) electrons. The van der Waals surface area contributed by atoms with Crippen LogP contribution in [-0.4, -0.2) is 28.7 Å². The minimum Gasteiger partial charge on any atom is -0.488 e. The van der Waals surface area contributed by atoms with Crippen LogP contribution in [0.2, 0.25) is 0 Å². The molecule has 1 N–H and O–H groups in total. The van der Waals surface area contributed by atoms with Crippen molar-refractivity contribution in [3.05, 3.63) is 23.2 Å². The highest BCUT2D eigenvalue weighted by Gasteiger charge is 2.72. The van der Waals surface area contributed by atoms with E-state index in [-0.39, 0.29) is 35.1 Å². The third kappa shape index (κ3) is 2.18. The zero-order chi connectivity index (χ0) is 18.1. The third-order valence-corrected chi connectivity index (χ3v) is 5.58. The van der Waals surface area contributed by atoms with Crippen LogP contribution >= 0.6 is 0 Å². The first-order valence-electron chi connectivity index (χ1n) is 9.01. The first kappa shape index (κ1) is 17.5. The first-order valence-corrected chi connectivity index (χ1v) is 9.01. The summed E-state index contributed by atoms with van der Waals surface area (Å²) in [6.07, 6.45) is 3.47. The lowest BCUT2D eigenvalue weighted by molar-refractivity contribution is -0.133. The Balaban J connectivity index is 2.18. The van der Waals surface area contributed by atoms with Crippen molar-refractivity contribution in [3.8, 4) is 0 Å². The molecule has 134 valence electrons. The van der Waals surface area contributed by atoms with Gasteiger partial charge in [0, 0.05) is 0 Å². The number of carbonyl (C=O) groups excluding carboxylic acids is 1. The fraction of sp³-hybridized carbons (Fsp3) is 0.750. The predicted molar refractivity (Wildman–Crippen MR) is 92.1 cm³/mol. The molecule has 0 heterocycles. The second-order valence-electron chi connectivity index (χ2n) is 9.06. The zero-order valence-corrected chi connectivity index (χ0v) is 15.9. The van der Waals surface area contributed by atoms with Gasteiger partial charge in [0.15, 0.2) is 11.4 Å². The van der Waals surface area contributed by atoms with Crippen molar-refractivity contribution in [2.75, 3.05) is 0 Å². The highest BCUT2D eigenvalue weighted by atomic mass is 16.5. The minimum atomic E-state index is -1.38. The van der Waals surface area contributed by atoms with Crippen molar-refractivity contribution in [2.45, 2.75) is 79.1 Å². The molecule has 4 heteroatoms. The van der Waals surface area contributed by atoms with E-state index in [2.05, 4.69) is 19.9 Å². The number of allylic oxidation sites excluding steroid dienone is 2. The molecule has 3 aliphatic carbocycles. The van der Waals surface area contributed by atoms with Gasteiger partial charge in [-0.3, -0.25) is 4.79 Å². The van der Waals surface area contributed by atoms with Gasteiger partial charge in [-0.1, -0.05) is 19.9 Å². The highest BCUT2D eigenvalue weighted by Crippen LogP contribution is 2.66. The largest absolute Gasteiger partial charge is 0.488 e. The molecule has 3 rings (SSSR count). The summed E-state index contributed by atoms with van der Waals surface area (Å²) in [6.45, 7) is 13.8. The van der Waals surface area contributed by atoms with Crippen LogP contribution in [0.4, 0.5) is 0 Å². The third-order valence-electron chi connectivity index (χ3n) is 5.58. The number of carbonyl (C=O) groups is 1. The standard InChI is InChI=1S/C20H30O4/c1-11(2)23-15-16(21)19(7)9-13-8-18(5,6)10-14(13)20(19,22)17(15)24-12(3)4/h10-13,22H,8-9H2,1-7H3/t13-,19+,20+/m1/s1. The number of rotatable bonds is 4. The first-order chi connectivity index (χ1) is 10.9. The van der Waals surface area contributed by atoms with E-state index in [1.54, 1.807) is 0 Å². The number of ether oxygens (including phenoxy) is 2. The van der Waals surface area contributed by atoms with Gasteiger partial charge >= 0.3 is 0 Å². The maximum atomic E-state index is 13.2. The maximum Gasteiger partial charge on any atom is 0.210 e. The van der Waals surface area contributed by atoms with Gasteiger partial charge in [-0.05, 0) is 64.4 Å². The van der Waals surface area contributed by atoms with Crippen LogP contribution in [0.5, 0.6) is 0 Å². The lowest BCUT2D eigenvalue weighted by atomic mass is 9.74. The maximum absolute atomic E-state index is 13.2. The normalized spacial score (nSPS) is 37.2.